The molecular formula is C13H11F3N2O5S2. The molecule has 0 aliphatic heterocycles. The van der Waals surface area contributed by atoms with Crippen molar-refractivity contribution in [3.05, 3.63) is 48.5 Å². The number of sulfonamides is 2. The highest BCUT2D eigenvalue weighted by Crippen LogP contribution is 2.25. The van der Waals surface area contributed by atoms with Crippen LogP contribution in [0.15, 0.2) is 58.3 Å². The van der Waals surface area contributed by atoms with Gasteiger partial charge in [-0.15, -0.1) is 13.2 Å². The lowest BCUT2D eigenvalue weighted by Gasteiger charge is -2.11. The second-order valence-corrected chi connectivity index (χ2v) is 7.94. The molecule has 0 saturated carbocycles. The summed E-state index contributed by atoms with van der Waals surface area (Å²) in [5.41, 5.74) is 0.0445. The Balaban J connectivity index is 2.19. The summed E-state index contributed by atoms with van der Waals surface area (Å²) in [6, 6.07) is 8.14. The number of nitrogens with one attached hydrogen (secondary N) is 1. The molecule has 2 rings (SSSR count). The van der Waals surface area contributed by atoms with Crippen molar-refractivity contribution in [1.29, 1.82) is 0 Å². The van der Waals surface area contributed by atoms with Gasteiger partial charge >= 0.3 is 6.36 Å². The molecule has 2 aromatic carbocycles. The van der Waals surface area contributed by atoms with Gasteiger partial charge in [0, 0.05) is 5.69 Å². The molecule has 0 aliphatic carbocycles. The molecule has 0 bridgehead atoms. The minimum absolute atomic E-state index is 0.0445. The average molecular weight is 396 g/mol. The van der Waals surface area contributed by atoms with E-state index in [1.807, 2.05) is 0 Å². The average Bonchev–Trinajstić information content (AvgIpc) is 2.45. The molecule has 0 fully saturated rings. The number of hydrogen-bond donors (Lipinski definition) is 2. The molecule has 0 spiro atoms. The van der Waals surface area contributed by atoms with Gasteiger partial charge in [-0.3, -0.25) is 4.72 Å². The van der Waals surface area contributed by atoms with E-state index in [4.69, 9.17) is 5.14 Å². The maximum Gasteiger partial charge on any atom is 0.573 e. The first-order valence-electron chi connectivity index (χ1n) is 6.38. The van der Waals surface area contributed by atoms with Crippen LogP contribution in [0.25, 0.3) is 0 Å². The van der Waals surface area contributed by atoms with E-state index in [0.717, 1.165) is 36.4 Å². The zero-order chi connectivity index (χ0) is 18.9. The van der Waals surface area contributed by atoms with E-state index in [2.05, 4.69) is 9.46 Å². The number of halogens is 3. The van der Waals surface area contributed by atoms with Crippen LogP contribution in [0.3, 0.4) is 0 Å². The predicted molar refractivity (Wildman–Crippen MR) is 81.7 cm³/mol. The Morgan fingerprint density at radius 3 is 1.76 bits per heavy atom. The number of alkyl halides is 3. The highest BCUT2D eigenvalue weighted by Gasteiger charge is 2.31. The Morgan fingerprint density at radius 2 is 1.32 bits per heavy atom. The molecule has 0 unspecified atom stereocenters. The Hall–Kier alpha value is -2.31. The van der Waals surface area contributed by atoms with Crippen molar-refractivity contribution in [3.63, 3.8) is 0 Å². The molecule has 0 aromatic heterocycles. The van der Waals surface area contributed by atoms with Gasteiger partial charge in [-0.25, -0.2) is 22.0 Å². The maximum atomic E-state index is 12.2. The number of nitrogens with two attached hydrogens (primary N) is 1. The zero-order valence-electron chi connectivity index (χ0n) is 12.2. The monoisotopic (exact) mass is 396 g/mol. The quantitative estimate of drug-likeness (QED) is 0.802. The number of anilines is 1. The lowest BCUT2D eigenvalue weighted by molar-refractivity contribution is -0.274. The van der Waals surface area contributed by atoms with Crippen molar-refractivity contribution in [1.82, 2.24) is 0 Å². The zero-order valence-corrected chi connectivity index (χ0v) is 13.8. The normalized spacial score (nSPS) is 12.6. The van der Waals surface area contributed by atoms with Crippen molar-refractivity contribution >= 4 is 25.7 Å². The fourth-order valence-corrected chi connectivity index (χ4v) is 3.32. The fourth-order valence-electron chi connectivity index (χ4n) is 1.75. The van der Waals surface area contributed by atoms with Crippen LogP contribution < -0.4 is 14.6 Å². The third-order valence-corrected chi connectivity index (χ3v) is 5.13. The maximum absolute atomic E-state index is 12.2. The second-order valence-electron chi connectivity index (χ2n) is 4.69. The van der Waals surface area contributed by atoms with E-state index in [-0.39, 0.29) is 15.5 Å². The van der Waals surface area contributed by atoms with E-state index in [9.17, 15) is 30.0 Å². The number of primary sulfonamides is 1. The van der Waals surface area contributed by atoms with Gasteiger partial charge in [-0.1, -0.05) is 0 Å². The first-order chi connectivity index (χ1) is 11.4. The second kappa shape index (κ2) is 6.54. The van der Waals surface area contributed by atoms with Crippen LogP contribution in [0.2, 0.25) is 0 Å². The summed E-state index contributed by atoms with van der Waals surface area (Å²) >= 11 is 0. The molecule has 0 atom stereocenters. The summed E-state index contributed by atoms with van der Waals surface area (Å²) in [4.78, 5) is -0.512. The van der Waals surface area contributed by atoms with Gasteiger partial charge in [-0.05, 0) is 48.5 Å². The van der Waals surface area contributed by atoms with Crippen molar-refractivity contribution < 1.29 is 34.7 Å². The van der Waals surface area contributed by atoms with Crippen LogP contribution in [-0.2, 0) is 20.0 Å². The van der Waals surface area contributed by atoms with Crippen LogP contribution in [0.4, 0.5) is 18.9 Å². The molecule has 0 aliphatic rings. The Morgan fingerprint density at radius 1 is 0.840 bits per heavy atom. The first kappa shape index (κ1) is 19.0. The van der Waals surface area contributed by atoms with Crippen molar-refractivity contribution in [2.24, 2.45) is 5.14 Å². The molecule has 25 heavy (non-hydrogen) atoms. The lowest BCUT2D eigenvalue weighted by Crippen LogP contribution is -2.17. The van der Waals surface area contributed by atoms with Gasteiger partial charge in [-0.2, -0.15) is 0 Å². The van der Waals surface area contributed by atoms with Crippen LogP contribution in [0, 0.1) is 0 Å². The molecule has 3 N–H and O–H groups in total. The number of rotatable bonds is 5. The Bertz CT molecular complexity index is 954. The van der Waals surface area contributed by atoms with Gasteiger partial charge in [0.15, 0.2) is 0 Å². The van der Waals surface area contributed by atoms with Crippen LogP contribution >= 0.6 is 0 Å². The van der Waals surface area contributed by atoms with Crippen molar-refractivity contribution in [2.45, 2.75) is 16.2 Å². The van der Waals surface area contributed by atoms with Crippen molar-refractivity contribution in [3.8, 4) is 5.75 Å². The van der Waals surface area contributed by atoms with Crippen molar-refractivity contribution in [2.75, 3.05) is 4.72 Å². The molecular weight excluding hydrogens is 385 g/mol. The van der Waals surface area contributed by atoms with E-state index < -0.39 is 32.2 Å². The lowest BCUT2D eigenvalue weighted by atomic mass is 10.3. The number of ether oxygens (including phenoxy) is 1. The minimum Gasteiger partial charge on any atom is -0.406 e. The Kier molecular flexibility index (Phi) is 4.97. The van der Waals surface area contributed by atoms with Gasteiger partial charge in [0.2, 0.25) is 10.0 Å². The summed E-state index contributed by atoms with van der Waals surface area (Å²) in [6.45, 7) is 0. The first-order valence-corrected chi connectivity index (χ1v) is 9.41. The summed E-state index contributed by atoms with van der Waals surface area (Å²) in [6.07, 6.45) is -4.89. The van der Waals surface area contributed by atoms with E-state index in [1.54, 1.807) is 0 Å². The molecule has 0 amide bonds. The van der Waals surface area contributed by atoms with Gasteiger partial charge < -0.3 is 4.74 Å². The molecule has 0 radical (unpaired) electrons. The smallest absolute Gasteiger partial charge is 0.406 e. The molecule has 0 saturated heterocycles. The van der Waals surface area contributed by atoms with Gasteiger partial charge in [0.25, 0.3) is 10.0 Å². The third kappa shape index (κ3) is 5.34. The highest BCUT2D eigenvalue weighted by molar-refractivity contribution is 7.92. The van der Waals surface area contributed by atoms with E-state index in [1.165, 1.54) is 12.1 Å². The number of benzene rings is 2. The van der Waals surface area contributed by atoms with Gasteiger partial charge in [0.05, 0.1) is 9.79 Å². The van der Waals surface area contributed by atoms with E-state index >= 15 is 0 Å². The molecule has 0 heterocycles. The summed E-state index contributed by atoms with van der Waals surface area (Å²) in [7, 11) is -8.01. The highest BCUT2D eigenvalue weighted by atomic mass is 32.2. The Labute approximate surface area is 141 Å². The van der Waals surface area contributed by atoms with E-state index in [0.29, 0.717) is 0 Å². The summed E-state index contributed by atoms with van der Waals surface area (Å²) in [5, 5.41) is 4.92. The third-order valence-electron chi connectivity index (χ3n) is 2.80. The largest absolute Gasteiger partial charge is 0.573 e. The molecule has 12 heteroatoms. The predicted octanol–water partition coefficient (Wildman–Crippen LogP) is 2.03. The van der Waals surface area contributed by atoms with Crippen LogP contribution in [-0.4, -0.2) is 23.2 Å². The number of hydrogen-bond acceptors (Lipinski definition) is 5. The van der Waals surface area contributed by atoms with Crippen LogP contribution in [0.5, 0.6) is 5.75 Å². The van der Waals surface area contributed by atoms with Gasteiger partial charge in [0.1, 0.15) is 5.75 Å². The fraction of sp³-hybridized carbons (Fsp3) is 0.0769. The summed E-state index contributed by atoms with van der Waals surface area (Å²) in [5.74, 6) is -0.566. The molecule has 2 aromatic rings. The molecule has 7 nitrogen and oxygen atoms in total. The SMILES string of the molecule is NS(=O)(=O)c1ccc(NS(=O)(=O)c2ccc(OC(F)(F)F)cc2)cc1. The standard InChI is InChI=1S/C13H11F3N2O5S2/c14-13(15,16)23-10-3-7-12(8-4-10)25(21,22)18-9-1-5-11(6-2-9)24(17,19)20/h1-8,18H,(H2,17,19,20). The summed E-state index contributed by atoms with van der Waals surface area (Å²) < 4.78 is 88.6. The van der Waals surface area contributed by atoms with Crippen LogP contribution in [0.1, 0.15) is 0 Å². The minimum atomic E-state index is -4.89. The topological polar surface area (TPSA) is 116 Å². The molecule has 136 valence electrons.